The number of ketones is 1. The molecule has 0 aromatic rings. The minimum absolute atomic E-state index is 0.172. The number of aldehydes is 1. The number of Topliss-reactive ketones (excluding diaryl/α,β-unsaturated/α-hetero) is 1. The van der Waals surface area contributed by atoms with Crippen LogP contribution in [0, 0.1) is 5.92 Å². The fourth-order valence-corrected chi connectivity index (χ4v) is 0.712. The summed E-state index contributed by atoms with van der Waals surface area (Å²) in [5.74, 6) is -0.269. The lowest BCUT2D eigenvalue weighted by molar-refractivity contribution is -0.135. The van der Waals surface area contributed by atoms with Crippen molar-refractivity contribution >= 4 is 12.1 Å². The van der Waals surface area contributed by atoms with E-state index in [1.807, 2.05) is 13.8 Å². The lowest BCUT2D eigenvalue weighted by Gasteiger charge is -2.06. The highest BCUT2D eigenvalue weighted by atomic mass is 16.3. The van der Waals surface area contributed by atoms with Crippen molar-refractivity contribution in [2.75, 3.05) is 0 Å². The minimum atomic E-state index is -1.09. The van der Waals surface area contributed by atoms with Gasteiger partial charge < -0.3 is 5.11 Å². The third-order valence-electron chi connectivity index (χ3n) is 1.46. The van der Waals surface area contributed by atoms with Crippen molar-refractivity contribution in [1.82, 2.24) is 0 Å². The third-order valence-corrected chi connectivity index (χ3v) is 1.46. The number of hydrogen-bond donors (Lipinski definition) is 1. The summed E-state index contributed by atoms with van der Waals surface area (Å²) >= 11 is 0. The van der Waals surface area contributed by atoms with Gasteiger partial charge in [0, 0.05) is 0 Å². The van der Waals surface area contributed by atoms with E-state index in [0.717, 1.165) is 6.42 Å². The zero-order valence-electron chi connectivity index (χ0n) is 6.91. The summed E-state index contributed by atoms with van der Waals surface area (Å²) in [5.41, 5.74) is 0. The zero-order chi connectivity index (χ0) is 8.85. The fraction of sp³-hybridized carbons (Fsp3) is 0.750. The zero-order valence-corrected chi connectivity index (χ0v) is 6.91. The normalized spacial score (nSPS) is 13.1. The first-order chi connectivity index (χ1) is 5.07. The van der Waals surface area contributed by atoms with E-state index in [1.165, 1.54) is 0 Å². The highest BCUT2D eigenvalue weighted by Gasteiger charge is 2.13. The van der Waals surface area contributed by atoms with Crippen molar-refractivity contribution in [3.05, 3.63) is 0 Å². The van der Waals surface area contributed by atoms with Gasteiger partial charge in [0.25, 0.3) is 0 Å². The van der Waals surface area contributed by atoms with Gasteiger partial charge in [-0.1, -0.05) is 13.8 Å². The van der Waals surface area contributed by atoms with Crippen molar-refractivity contribution in [2.45, 2.75) is 32.8 Å². The number of aliphatic hydroxyl groups excluding tert-OH is 1. The maximum absolute atomic E-state index is 10.5. The Morgan fingerprint density at radius 2 is 2.00 bits per heavy atom. The molecule has 0 aliphatic heterocycles. The van der Waals surface area contributed by atoms with Crippen LogP contribution in [0.5, 0.6) is 0 Å². The highest BCUT2D eigenvalue weighted by Crippen LogP contribution is 2.06. The fourth-order valence-electron chi connectivity index (χ4n) is 0.712. The molecule has 1 atom stereocenters. The standard InChI is InChI=1S/C8H14O3/c1-6(2)3-4-7(10)8(11)5-9/h5-7,10H,3-4H2,1-2H3. The Morgan fingerprint density at radius 3 is 2.36 bits per heavy atom. The van der Waals surface area contributed by atoms with Gasteiger partial charge in [0.2, 0.25) is 5.78 Å². The van der Waals surface area contributed by atoms with Crippen molar-refractivity contribution in [2.24, 2.45) is 5.92 Å². The average Bonchev–Trinajstić information content (AvgIpc) is 1.98. The first-order valence-corrected chi connectivity index (χ1v) is 3.75. The van der Waals surface area contributed by atoms with Crippen LogP contribution >= 0.6 is 0 Å². The summed E-state index contributed by atoms with van der Waals surface area (Å²) in [5, 5.41) is 8.99. The van der Waals surface area contributed by atoms with Gasteiger partial charge in [-0.3, -0.25) is 9.59 Å². The van der Waals surface area contributed by atoms with E-state index < -0.39 is 11.9 Å². The van der Waals surface area contributed by atoms with E-state index in [1.54, 1.807) is 0 Å². The summed E-state index contributed by atoms with van der Waals surface area (Å²) < 4.78 is 0. The molecular formula is C8H14O3. The minimum Gasteiger partial charge on any atom is -0.385 e. The number of hydrogen-bond acceptors (Lipinski definition) is 3. The summed E-state index contributed by atoms with van der Waals surface area (Å²) in [4.78, 5) is 20.4. The van der Waals surface area contributed by atoms with E-state index in [2.05, 4.69) is 0 Å². The highest BCUT2D eigenvalue weighted by molar-refractivity contribution is 6.26. The first kappa shape index (κ1) is 10.3. The largest absolute Gasteiger partial charge is 0.385 e. The Hall–Kier alpha value is -0.700. The smallest absolute Gasteiger partial charge is 0.223 e. The van der Waals surface area contributed by atoms with Crippen molar-refractivity contribution in [1.29, 1.82) is 0 Å². The maximum atomic E-state index is 10.5. The molecule has 0 bridgehead atoms. The summed E-state index contributed by atoms with van der Waals surface area (Å²) in [6.45, 7) is 4.00. The molecule has 11 heavy (non-hydrogen) atoms. The quantitative estimate of drug-likeness (QED) is 0.469. The second-order valence-electron chi connectivity index (χ2n) is 3.01. The van der Waals surface area contributed by atoms with Crippen LogP contribution in [0.2, 0.25) is 0 Å². The van der Waals surface area contributed by atoms with Crippen LogP contribution in [0.3, 0.4) is 0 Å². The molecule has 0 rings (SSSR count). The predicted octanol–water partition coefficient (Wildman–Crippen LogP) is 0.551. The Labute approximate surface area is 66.4 Å². The maximum Gasteiger partial charge on any atom is 0.223 e. The van der Waals surface area contributed by atoms with Crippen molar-refractivity contribution in [3.63, 3.8) is 0 Å². The number of aliphatic hydroxyl groups is 1. The molecule has 0 saturated carbocycles. The van der Waals surface area contributed by atoms with Gasteiger partial charge in [-0.2, -0.15) is 0 Å². The van der Waals surface area contributed by atoms with Crippen LogP contribution in [-0.2, 0) is 9.59 Å². The SMILES string of the molecule is CC(C)CCC(O)C(=O)C=O. The van der Waals surface area contributed by atoms with E-state index in [-0.39, 0.29) is 6.29 Å². The molecule has 1 unspecified atom stereocenters. The molecule has 0 spiro atoms. The molecule has 0 amide bonds. The van der Waals surface area contributed by atoms with Crippen LogP contribution in [0.1, 0.15) is 26.7 Å². The molecule has 0 aliphatic rings. The average molecular weight is 158 g/mol. The van der Waals surface area contributed by atoms with Gasteiger partial charge >= 0.3 is 0 Å². The molecule has 0 aromatic carbocycles. The van der Waals surface area contributed by atoms with Crippen LogP contribution in [-0.4, -0.2) is 23.3 Å². The molecule has 64 valence electrons. The molecule has 3 heteroatoms. The van der Waals surface area contributed by atoms with Crippen molar-refractivity contribution < 1.29 is 14.7 Å². The van der Waals surface area contributed by atoms with Gasteiger partial charge in [0.15, 0.2) is 6.29 Å². The molecule has 0 radical (unpaired) electrons. The van der Waals surface area contributed by atoms with E-state index in [4.69, 9.17) is 5.11 Å². The lowest BCUT2D eigenvalue weighted by atomic mass is 10.0. The third kappa shape index (κ3) is 4.67. The van der Waals surface area contributed by atoms with Gasteiger partial charge in [-0.05, 0) is 18.8 Å². The second kappa shape index (κ2) is 5.02. The van der Waals surface area contributed by atoms with Crippen LogP contribution in [0.25, 0.3) is 0 Å². The second-order valence-corrected chi connectivity index (χ2v) is 3.01. The van der Waals surface area contributed by atoms with Gasteiger partial charge in [0.05, 0.1) is 0 Å². The molecule has 0 heterocycles. The Morgan fingerprint density at radius 1 is 1.45 bits per heavy atom. The molecular weight excluding hydrogens is 144 g/mol. The molecule has 3 nitrogen and oxygen atoms in total. The van der Waals surface area contributed by atoms with Crippen LogP contribution in [0.4, 0.5) is 0 Å². The summed E-state index contributed by atoms with van der Waals surface area (Å²) in [6, 6.07) is 0. The molecule has 0 fully saturated rings. The molecule has 0 saturated heterocycles. The Balaban J connectivity index is 3.60. The lowest BCUT2D eigenvalue weighted by Crippen LogP contribution is -2.21. The molecule has 0 aliphatic carbocycles. The first-order valence-electron chi connectivity index (χ1n) is 3.75. The number of carbonyl (C=O) groups excluding carboxylic acids is 2. The van der Waals surface area contributed by atoms with Crippen molar-refractivity contribution in [3.8, 4) is 0 Å². The number of carbonyl (C=O) groups is 2. The van der Waals surface area contributed by atoms with Crippen LogP contribution in [0.15, 0.2) is 0 Å². The van der Waals surface area contributed by atoms with E-state index in [0.29, 0.717) is 12.3 Å². The Bertz CT molecular complexity index is 140. The predicted molar refractivity (Wildman–Crippen MR) is 41.1 cm³/mol. The molecule has 0 aromatic heterocycles. The van der Waals surface area contributed by atoms with E-state index in [9.17, 15) is 9.59 Å². The monoisotopic (exact) mass is 158 g/mol. The Kier molecular flexibility index (Phi) is 4.70. The number of rotatable bonds is 5. The van der Waals surface area contributed by atoms with Gasteiger partial charge in [-0.25, -0.2) is 0 Å². The molecule has 1 N–H and O–H groups in total. The van der Waals surface area contributed by atoms with Gasteiger partial charge in [-0.15, -0.1) is 0 Å². The summed E-state index contributed by atoms with van der Waals surface area (Å²) in [7, 11) is 0. The van der Waals surface area contributed by atoms with Gasteiger partial charge in [0.1, 0.15) is 6.10 Å². The topological polar surface area (TPSA) is 54.4 Å². The van der Waals surface area contributed by atoms with Crippen LogP contribution < -0.4 is 0 Å². The summed E-state index contributed by atoms with van der Waals surface area (Å²) in [6.07, 6.45) is 0.232. The van der Waals surface area contributed by atoms with E-state index >= 15 is 0 Å².